The molecule has 64 valence electrons. The van der Waals surface area contributed by atoms with Gasteiger partial charge in [-0.1, -0.05) is 32.9 Å². The van der Waals surface area contributed by atoms with Crippen LogP contribution in [-0.2, 0) is 0 Å². The molecule has 0 radical (unpaired) electrons. The molecule has 2 N–H and O–H groups in total. The Hall–Kier alpha value is -0.720. The molecule has 0 saturated carbocycles. The van der Waals surface area contributed by atoms with Crippen LogP contribution in [-0.4, -0.2) is 0 Å². The van der Waals surface area contributed by atoms with E-state index >= 15 is 0 Å². The summed E-state index contributed by atoms with van der Waals surface area (Å²) in [4.78, 5) is 0. The van der Waals surface area contributed by atoms with E-state index in [9.17, 15) is 0 Å². The van der Waals surface area contributed by atoms with Crippen molar-refractivity contribution in [2.24, 2.45) is 17.1 Å². The highest BCUT2D eigenvalue weighted by Gasteiger charge is 2.14. The summed E-state index contributed by atoms with van der Waals surface area (Å²) >= 11 is 0. The van der Waals surface area contributed by atoms with Crippen molar-refractivity contribution in [1.29, 1.82) is 0 Å². The first-order valence-corrected chi connectivity index (χ1v) is 4.04. The zero-order chi connectivity index (χ0) is 8.91. The van der Waals surface area contributed by atoms with Gasteiger partial charge in [-0.05, 0) is 24.0 Å². The summed E-state index contributed by atoms with van der Waals surface area (Å²) in [5.41, 5.74) is 5.50. The first-order chi connectivity index (χ1) is 5.02. The van der Waals surface area contributed by atoms with E-state index in [2.05, 4.69) is 27.4 Å². The van der Waals surface area contributed by atoms with Crippen LogP contribution < -0.4 is 5.73 Å². The van der Waals surface area contributed by atoms with Gasteiger partial charge in [-0.2, -0.15) is 0 Å². The molecule has 1 nitrogen and oxygen atoms in total. The van der Waals surface area contributed by atoms with Crippen molar-refractivity contribution in [2.45, 2.75) is 27.2 Å². The fourth-order valence-electron chi connectivity index (χ4n) is 1.17. The highest BCUT2D eigenvalue weighted by Crippen LogP contribution is 2.26. The highest BCUT2D eigenvalue weighted by atomic mass is 14.5. The minimum Gasteiger partial charge on any atom is -0.405 e. The van der Waals surface area contributed by atoms with Crippen molar-refractivity contribution in [3.05, 3.63) is 24.9 Å². The molecule has 0 aromatic carbocycles. The predicted molar refractivity (Wildman–Crippen MR) is 51.1 cm³/mol. The fourth-order valence-corrected chi connectivity index (χ4v) is 1.17. The van der Waals surface area contributed by atoms with Crippen LogP contribution >= 0.6 is 0 Å². The summed E-state index contributed by atoms with van der Waals surface area (Å²) in [6, 6.07) is 0. The fraction of sp³-hybridized carbons (Fsp3) is 0.600. The first kappa shape index (κ1) is 10.3. The Bertz CT molecular complexity index is 145. The monoisotopic (exact) mass is 153 g/mol. The Balaban J connectivity index is 3.92. The van der Waals surface area contributed by atoms with Crippen LogP contribution in [0.4, 0.5) is 0 Å². The van der Waals surface area contributed by atoms with E-state index in [1.54, 1.807) is 6.20 Å². The van der Waals surface area contributed by atoms with Crippen molar-refractivity contribution in [3.8, 4) is 0 Å². The molecular formula is C10H19N. The highest BCUT2D eigenvalue weighted by molar-refractivity contribution is 4.93. The summed E-state index contributed by atoms with van der Waals surface area (Å²) in [5, 5.41) is 0. The maximum Gasteiger partial charge on any atom is -0.0100 e. The summed E-state index contributed by atoms with van der Waals surface area (Å²) in [6.07, 6.45) is 6.73. The third kappa shape index (κ3) is 4.65. The lowest BCUT2D eigenvalue weighted by Crippen LogP contribution is -2.11. The van der Waals surface area contributed by atoms with Crippen LogP contribution in [0.1, 0.15) is 27.2 Å². The molecule has 1 atom stereocenters. The largest absolute Gasteiger partial charge is 0.405 e. The van der Waals surface area contributed by atoms with Gasteiger partial charge in [-0.15, -0.1) is 6.58 Å². The van der Waals surface area contributed by atoms with Gasteiger partial charge in [0.2, 0.25) is 0 Å². The average molecular weight is 153 g/mol. The van der Waals surface area contributed by atoms with Crippen molar-refractivity contribution < 1.29 is 0 Å². The van der Waals surface area contributed by atoms with Gasteiger partial charge >= 0.3 is 0 Å². The Morgan fingerprint density at radius 2 is 2.09 bits per heavy atom. The van der Waals surface area contributed by atoms with Crippen LogP contribution in [0.3, 0.4) is 0 Å². The number of hydrogen-bond donors (Lipinski definition) is 1. The summed E-state index contributed by atoms with van der Waals surface area (Å²) in [6.45, 7) is 10.3. The van der Waals surface area contributed by atoms with Gasteiger partial charge in [-0.25, -0.2) is 0 Å². The Morgan fingerprint density at radius 3 is 2.45 bits per heavy atom. The molecule has 0 aliphatic heterocycles. The van der Waals surface area contributed by atoms with E-state index in [1.165, 1.54) is 0 Å². The molecule has 0 aromatic rings. The quantitative estimate of drug-likeness (QED) is 0.617. The summed E-state index contributed by atoms with van der Waals surface area (Å²) < 4.78 is 0. The molecular weight excluding hydrogens is 134 g/mol. The summed E-state index contributed by atoms with van der Waals surface area (Å²) in [7, 11) is 0. The maximum atomic E-state index is 5.28. The van der Waals surface area contributed by atoms with E-state index in [0.717, 1.165) is 6.42 Å². The minimum atomic E-state index is 0.221. The van der Waals surface area contributed by atoms with Crippen molar-refractivity contribution in [3.63, 3.8) is 0 Å². The molecule has 0 amide bonds. The van der Waals surface area contributed by atoms with Gasteiger partial charge in [0.05, 0.1) is 0 Å². The van der Waals surface area contributed by atoms with Gasteiger partial charge in [0, 0.05) is 0 Å². The predicted octanol–water partition coefficient (Wildman–Crippen LogP) is 2.70. The zero-order valence-electron chi connectivity index (χ0n) is 7.80. The van der Waals surface area contributed by atoms with E-state index in [0.29, 0.717) is 5.92 Å². The Morgan fingerprint density at radius 1 is 1.55 bits per heavy atom. The molecule has 0 aromatic heterocycles. The maximum absolute atomic E-state index is 5.28. The number of rotatable bonds is 4. The second kappa shape index (κ2) is 4.22. The van der Waals surface area contributed by atoms with Crippen molar-refractivity contribution in [1.82, 2.24) is 0 Å². The van der Waals surface area contributed by atoms with Crippen LogP contribution in [0.15, 0.2) is 24.9 Å². The van der Waals surface area contributed by atoms with Crippen molar-refractivity contribution in [2.75, 3.05) is 0 Å². The first-order valence-electron chi connectivity index (χ1n) is 4.04. The topological polar surface area (TPSA) is 26.0 Å². The minimum absolute atomic E-state index is 0.221. The smallest absolute Gasteiger partial charge is 0.0100 e. The van der Waals surface area contributed by atoms with Gasteiger partial charge < -0.3 is 5.73 Å². The normalized spacial score (nSPS) is 15.2. The molecule has 0 spiro atoms. The molecule has 1 unspecified atom stereocenters. The lowest BCUT2D eigenvalue weighted by molar-refractivity contribution is 0.387. The Labute approximate surface area is 70.0 Å². The van der Waals surface area contributed by atoms with Gasteiger partial charge in [0.15, 0.2) is 0 Å². The molecule has 0 saturated heterocycles. The van der Waals surface area contributed by atoms with E-state index in [1.807, 2.05) is 12.2 Å². The summed E-state index contributed by atoms with van der Waals surface area (Å²) in [5.74, 6) is 0.535. The van der Waals surface area contributed by atoms with E-state index in [-0.39, 0.29) is 5.41 Å². The van der Waals surface area contributed by atoms with Crippen LogP contribution in [0.2, 0.25) is 0 Å². The number of allylic oxidation sites excluding steroid dienone is 2. The van der Waals surface area contributed by atoms with Crippen LogP contribution in [0.25, 0.3) is 0 Å². The molecule has 0 bridgehead atoms. The lowest BCUT2D eigenvalue weighted by atomic mass is 9.84. The Kier molecular flexibility index (Phi) is 3.94. The van der Waals surface area contributed by atoms with E-state index < -0.39 is 0 Å². The van der Waals surface area contributed by atoms with Crippen molar-refractivity contribution >= 4 is 0 Å². The third-order valence-electron chi connectivity index (χ3n) is 1.84. The molecule has 0 aliphatic rings. The SMILES string of the molecule is C=CC(C)(C)CC(C)/C=C/N. The number of hydrogen-bond acceptors (Lipinski definition) is 1. The lowest BCUT2D eigenvalue weighted by Gasteiger charge is -2.22. The standard InChI is InChI=1S/C10H19N/c1-5-10(3,4)8-9(2)6-7-11/h5-7,9H,1,8,11H2,2-4H3/b7-6+. The van der Waals surface area contributed by atoms with Gasteiger partial charge in [0.25, 0.3) is 0 Å². The second-order valence-corrected chi connectivity index (χ2v) is 3.76. The van der Waals surface area contributed by atoms with Crippen LogP contribution in [0.5, 0.6) is 0 Å². The molecule has 0 fully saturated rings. The second-order valence-electron chi connectivity index (χ2n) is 3.76. The van der Waals surface area contributed by atoms with Gasteiger partial charge in [0.1, 0.15) is 0 Å². The molecule has 11 heavy (non-hydrogen) atoms. The molecule has 0 rings (SSSR count). The molecule has 0 aliphatic carbocycles. The zero-order valence-corrected chi connectivity index (χ0v) is 7.80. The number of nitrogens with two attached hydrogens (primary N) is 1. The molecule has 0 heterocycles. The van der Waals surface area contributed by atoms with E-state index in [4.69, 9.17) is 5.73 Å². The van der Waals surface area contributed by atoms with Gasteiger partial charge in [-0.3, -0.25) is 0 Å². The molecule has 1 heteroatoms. The third-order valence-corrected chi connectivity index (χ3v) is 1.84. The average Bonchev–Trinajstić information content (AvgIpc) is 1.87. The van der Waals surface area contributed by atoms with Crippen LogP contribution in [0, 0.1) is 11.3 Å².